The Labute approximate surface area is 60.5 Å². The molecule has 0 unspecified atom stereocenters. The first kappa shape index (κ1) is 7.12. The van der Waals surface area contributed by atoms with Crippen LogP contribution in [0.4, 0.5) is 0 Å². The first-order valence-electron chi connectivity index (χ1n) is 3.41. The van der Waals surface area contributed by atoms with Crippen LogP contribution in [-0.4, -0.2) is 12.5 Å². The molecule has 0 saturated carbocycles. The van der Waals surface area contributed by atoms with Gasteiger partial charge >= 0.3 is 0 Å². The van der Waals surface area contributed by atoms with E-state index in [1.54, 1.807) is 0 Å². The van der Waals surface area contributed by atoms with Crippen LogP contribution in [0.25, 0.3) is 0 Å². The molecular weight excluding hydrogens is 128 g/mol. The van der Waals surface area contributed by atoms with E-state index in [1.807, 2.05) is 13.8 Å². The van der Waals surface area contributed by atoms with E-state index in [1.165, 1.54) is 0 Å². The summed E-state index contributed by atoms with van der Waals surface area (Å²) in [6, 6.07) is 0. The molecule has 1 heterocycles. The molecule has 10 heavy (non-hydrogen) atoms. The van der Waals surface area contributed by atoms with Gasteiger partial charge in [-0.25, -0.2) is 0 Å². The van der Waals surface area contributed by atoms with E-state index >= 15 is 0 Å². The Morgan fingerprint density at radius 1 is 1.30 bits per heavy atom. The second-order valence-corrected chi connectivity index (χ2v) is 2.47. The molecule has 0 fully saturated rings. The van der Waals surface area contributed by atoms with Crippen molar-refractivity contribution >= 4 is 5.91 Å². The fourth-order valence-electron chi connectivity index (χ4n) is 0.861. The molecule has 1 rings (SSSR count). The Balaban J connectivity index is 2.70. The number of allylic oxidation sites excluding steroid dienone is 2. The number of hydrogen-bond acceptors (Lipinski definition) is 2. The van der Waals surface area contributed by atoms with Gasteiger partial charge in [0, 0.05) is 24.4 Å². The zero-order chi connectivity index (χ0) is 7.56. The highest BCUT2D eigenvalue weighted by atomic mass is 16.1. The molecule has 3 nitrogen and oxygen atoms in total. The molecule has 0 atom stereocenters. The van der Waals surface area contributed by atoms with E-state index in [4.69, 9.17) is 0 Å². The van der Waals surface area contributed by atoms with E-state index in [9.17, 15) is 4.79 Å². The van der Waals surface area contributed by atoms with Crippen molar-refractivity contribution in [1.82, 2.24) is 10.6 Å². The Kier molecular flexibility index (Phi) is 1.94. The fraction of sp³-hybridized carbons (Fsp3) is 0.571. The Morgan fingerprint density at radius 3 is 2.70 bits per heavy atom. The molecule has 0 aromatic rings. The third-order valence-electron chi connectivity index (χ3n) is 1.63. The molecule has 0 aliphatic carbocycles. The number of rotatable bonds is 0. The van der Waals surface area contributed by atoms with Gasteiger partial charge in [0.2, 0.25) is 5.91 Å². The van der Waals surface area contributed by atoms with Gasteiger partial charge in [-0.1, -0.05) is 0 Å². The largest absolute Gasteiger partial charge is 0.387 e. The van der Waals surface area contributed by atoms with Crippen LogP contribution >= 0.6 is 0 Å². The average Bonchev–Trinajstić information content (AvgIpc) is 1.96. The number of hydrogen-bond donors (Lipinski definition) is 2. The van der Waals surface area contributed by atoms with Crippen molar-refractivity contribution in [2.45, 2.75) is 20.3 Å². The molecule has 0 spiro atoms. The van der Waals surface area contributed by atoms with Crippen molar-refractivity contribution in [2.75, 3.05) is 6.54 Å². The quantitative estimate of drug-likeness (QED) is 0.509. The van der Waals surface area contributed by atoms with Crippen LogP contribution in [0.15, 0.2) is 11.4 Å². The highest BCUT2D eigenvalue weighted by molar-refractivity contribution is 5.78. The zero-order valence-electron chi connectivity index (χ0n) is 6.32. The maximum absolute atomic E-state index is 10.9. The molecule has 0 bridgehead atoms. The summed E-state index contributed by atoms with van der Waals surface area (Å²) in [7, 11) is 0. The summed E-state index contributed by atoms with van der Waals surface area (Å²) in [4.78, 5) is 10.9. The molecule has 0 radical (unpaired) electrons. The smallest absolute Gasteiger partial charge is 0.225 e. The summed E-state index contributed by atoms with van der Waals surface area (Å²) < 4.78 is 0. The topological polar surface area (TPSA) is 41.1 Å². The molecule has 56 valence electrons. The normalized spacial score (nSPS) is 19.6. The lowest BCUT2D eigenvalue weighted by Crippen LogP contribution is -2.20. The predicted octanol–water partition coefficient (Wildman–Crippen LogP) is 0.347. The molecule has 1 aliphatic heterocycles. The molecule has 0 aromatic carbocycles. The van der Waals surface area contributed by atoms with Gasteiger partial charge in [0.15, 0.2) is 0 Å². The van der Waals surface area contributed by atoms with E-state index in [0.29, 0.717) is 6.42 Å². The van der Waals surface area contributed by atoms with Crippen LogP contribution in [0.2, 0.25) is 0 Å². The van der Waals surface area contributed by atoms with Crippen LogP contribution in [-0.2, 0) is 4.79 Å². The van der Waals surface area contributed by atoms with Crippen LogP contribution in [0.1, 0.15) is 20.3 Å². The van der Waals surface area contributed by atoms with Gasteiger partial charge in [-0.15, -0.1) is 0 Å². The van der Waals surface area contributed by atoms with Crippen molar-refractivity contribution in [3.63, 3.8) is 0 Å². The molecule has 0 aromatic heterocycles. The lowest BCUT2D eigenvalue weighted by atomic mass is 10.4. The van der Waals surface area contributed by atoms with Gasteiger partial charge in [0.25, 0.3) is 0 Å². The van der Waals surface area contributed by atoms with E-state index in [-0.39, 0.29) is 5.91 Å². The molecule has 1 aliphatic rings. The maximum Gasteiger partial charge on any atom is 0.225 e. The van der Waals surface area contributed by atoms with Gasteiger partial charge in [-0.2, -0.15) is 0 Å². The van der Waals surface area contributed by atoms with Crippen LogP contribution in [0.5, 0.6) is 0 Å². The Morgan fingerprint density at radius 2 is 2.00 bits per heavy atom. The van der Waals surface area contributed by atoms with Gasteiger partial charge in [0.05, 0.1) is 0 Å². The van der Waals surface area contributed by atoms with Crippen LogP contribution in [0, 0.1) is 0 Å². The first-order valence-corrected chi connectivity index (χ1v) is 3.41. The minimum Gasteiger partial charge on any atom is -0.387 e. The zero-order valence-corrected chi connectivity index (χ0v) is 6.32. The summed E-state index contributed by atoms with van der Waals surface area (Å²) in [5, 5.41) is 5.89. The molecule has 3 heteroatoms. The summed E-state index contributed by atoms with van der Waals surface area (Å²) in [6.45, 7) is 4.60. The number of carbonyl (C=O) groups excluding carboxylic acids is 1. The Bertz CT molecular complexity index is 184. The first-order chi connectivity index (χ1) is 4.70. The summed E-state index contributed by atoms with van der Waals surface area (Å²) in [6.07, 6.45) is 0.564. The molecule has 0 saturated heterocycles. The van der Waals surface area contributed by atoms with E-state index < -0.39 is 0 Å². The maximum atomic E-state index is 10.9. The monoisotopic (exact) mass is 140 g/mol. The average molecular weight is 140 g/mol. The lowest BCUT2D eigenvalue weighted by molar-refractivity contribution is -0.120. The van der Waals surface area contributed by atoms with Crippen molar-refractivity contribution < 1.29 is 4.79 Å². The van der Waals surface area contributed by atoms with Crippen molar-refractivity contribution in [3.05, 3.63) is 11.4 Å². The SMILES string of the molecule is CC1=C(C)NC(=O)CCN1. The second kappa shape index (κ2) is 2.73. The lowest BCUT2D eigenvalue weighted by Gasteiger charge is -2.03. The third-order valence-corrected chi connectivity index (χ3v) is 1.63. The van der Waals surface area contributed by atoms with Crippen LogP contribution in [0.3, 0.4) is 0 Å². The van der Waals surface area contributed by atoms with Gasteiger partial charge in [-0.3, -0.25) is 4.79 Å². The predicted molar refractivity (Wildman–Crippen MR) is 39.1 cm³/mol. The molecule has 2 N–H and O–H groups in total. The van der Waals surface area contributed by atoms with Gasteiger partial charge < -0.3 is 10.6 Å². The van der Waals surface area contributed by atoms with Crippen molar-refractivity contribution in [3.8, 4) is 0 Å². The fourth-order valence-corrected chi connectivity index (χ4v) is 0.861. The van der Waals surface area contributed by atoms with Gasteiger partial charge in [-0.05, 0) is 13.8 Å². The third kappa shape index (κ3) is 1.50. The summed E-state index contributed by atoms with van der Waals surface area (Å²) >= 11 is 0. The van der Waals surface area contributed by atoms with E-state index in [0.717, 1.165) is 17.9 Å². The molecular formula is C7H12N2O. The number of carbonyl (C=O) groups is 1. The minimum absolute atomic E-state index is 0.0989. The number of nitrogens with one attached hydrogen (secondary N) is 2. The number of amides is 1. The second-order valence-electron chi connectivity index (χ2n) is 2.47. The highest BCUT2D eigenvalue weighted by Crippen LogP contribution is 1.99. The summed E-state index contributed by atoms with van der Waals surface area (Å²) in [5.74, 6) is 0.0989. The van der Waals surface area contributed by atoms with Gasteiger partial charge in [0.1, 0.15) is 0 Å². The van der Waals surface area contributed by atoms with Crippen LogP contribution < -0.4 is 10.6 Å². The highest BCUT2D eigenvalue weighted by Gasteiger charge is 2.07. The standard InChI is InChI=1S/C7H12N2O/c1-5-6(2)9-7(10)3-4-8-5/h8H,3-4H2,1-2H3,(H,9,10). The molecule has 1 amide bonds. The Hall–Kier alpha value is -0.990. The summed E-state index contributed by atoms with van der Waals surface area (Å²) in [5.41, 5.74) is 1.99. The van der Waals surface area contributed by atoms with E-state index in [2.05, 4.69) is 10.6 Å². The van der Waals surface area contributed by atoms with Crippen molar-refractivity contribution in [1.29, 1.82) is 0 Å². The minimum atomic E-state index is 0.0989. The van der Waals surface area contributed by atoms with Crippen molar-refractivity contribution in [2.24, 2.45) is 0 Å².